The fourth-order valence-corrected chi connectivity index (χ4v) is 3.96. The van der Waals surface area contributed by atoms with Crippen LogP contribution in [0.4, 0.5) is 4.39 Å². The maximum absolute atomic E-state index is 12.4. The number of allylic oxidation sites excluding steroid dienone is 1. The van der Waals surface area contributed by atoms with Crippen LogP contribution in [0.2, 0.25) is 0 Å². The first-order chi connectivity index (χ1) is 11.5. The molecule has 1 aromatic heterocycles. The molecule has 2 rings (SSSR count). The van der Waals surface area contributed by atoms with E-state index in [0.717, 1.165) is 38.3 Å². The molecule has 0 amide bonds. The maximum Gasteiger partial charge on any atom is 0.307 e. The summed E-state index contributed by atoms with van der Waals surface area (Å²) < 4.78 is 14.3. The number of nitrogens with zero attached hydrogens (tertiary/aromatic N) is 2. The zero-order chi connectivity index (χ0) is 17.4. The standard InChI is InChI=1S/C19H31FN2OS/c1-19(2,9-7-11-20)10-8-17-16-24-18(23)22(17)15-14-21-12-5-3-4-6-13-21/h8,10,16H,3-7,9,11-15H2,1-2H3/b10-8-. The summed E-state index contributed by atoms with van der Waals surface area (Å²) >= 11 is 1.27. The molecule has 1 aromatic rings. The lowest BCUT2D eigenvalue weighted by Crippen LogP contribution is -2.30. The largest absolute Gasteiger partial charge is 0.307 e. The van der Waals surface area contributed by atoms with Crippen molar-refractivity contribution in [3.05, 3.63) is 26.8 Å². The Balaban J connectivity index is 1.98. The highest BCUT2D eigenvalue weighted by Crippen LogP contribution is 2.25. The van der Waals surface area contributed by atoms with E-state index in [0.29, 0.717) is 6.42 Å². The van der Waals surface area contributed by atoms with Crippen LogP contribution in [0.5, 0.6) is 0 Å². The molecule has 1 saturated heterocycles. The molecular formula is C19H31FN2OS. The SMILES string of the molecule is CC(C)(/C=C\c1csc(=O)n1CCN1CCCCCC1)CCCF. The predicted octanol–water partition coefficient (Wildman–Crippen LogP) is 4.57. The van der Waals surface area contributed by atoms with Crippen molar-refractivity contribution in [3.8, 4) is 0 Å². The van der Waals surface area contributed by atoms with Gasteiger partial charge in [-0.3, -0.25) is 13.8 Å². The van der Waals surface area contributed by atoms with Crippen LogP contribution in [-0.2, 0) is 6.54 Å². The first-order valence-corrected chi connectivity index (χ1v) is 10.1. The fraction of sp³-hybridized carbons (Fsp3) is 0.737. The summed E-state index contributed by atoms with van der Waals surface area (Å²) in [6.07, 6.45) is 10.8. The topological polar surface area (TPSA) is 25.2 Å². The van der Waals surface area contributed by atoms with Gasteiger partial charge in [-0.15, -0.1) is 0 Å². The highest BCUT2D eigenvalue weighted by molar-refractivity contribution is 7.07. The Kier molecular flexibility index (Phi) is 7.69. The average molecular weight is 355 g/mol. The highest BCUT2D eigenvalue weighted by Gasteiger charge is 2.14. The molecule has 0 spiro atoms. The zero-order valence-electron chi connectivity index (χ0n) is 15.1. The van der Waals surface area contributed by atoms with E-state index in [1.54, 1.807) is 0 Å². The van der Waals surface area contributed by atoms with Crippen molar-refractivity contribution in [1.29, 1.82) is 0 Å². The molecular weight excluding hydrogens is 323 g/mol. The van der Waals surface area contributed by atoms with E-state index in [1.165, 1.54) is 37.0 Å². The molecule has 0 atom stereocenters. The van der Waals surface area contributed by atoms with E-state index in [4.69, 9.17) is 0 Å². The van der Waals surface area contributed by atoms with E-state index in [1.807, 2.05) is 16.0 Å². The number of aromatic nitrogens is 1. The van der Waals surface area contributed by atoms with Crippen molar-refractivity contribution in [2.75, 3.05) is 26.3 Å². The van der Waals surface area contributed by atoms with E-state index >= 15 is 0 Å². The van der Waals surface area contributed by atoms with Crippen molar-refractivity contribution < 1.29 is 4.39 Å². The third-order valence-electron chi connectivity index (χ3n) is 4.81. The van der Waals surface area contributed by atoms with Gasteiger partial charge in [0.1, 0.15) is 0 Å². The molecule has 0 N–H and O–H groups in total. The van der Waals surface area contributed by atoms with Crippen LogP contribution >= 0.6 is 11.3 Å². The summed E-state index contributed by atoms with van der Waals surface area (Å²) in [5.74, 6) is 0. The normalized spacial score (nSPS) is 17.5. The molecule has 0 aromatic carbocycles. The van der Waals surface area contributed by atoms with Crippen LogP contribution in [0.1, 0.15) is 58.1 Å². The van der Waals surface area contributed by atoms with E-state index < -0.39 is 0 Å². The smallest absolute Gasteiger partial charge is 0.302 e. The molecule has 1 fully saturated rings. The fourth-order valence-electron chi connectivity index (χ4n) is 3.21. The van der Waals surface area contributed by atoms with E-state index in [2.05, 4.69) is 24.8 Å². The minimum atomic E-state index is -0.268. The van der Waals surface area contributed by atoms with Gasteiger partial charge in [0.15, 0.2) is 0 Å². The number of hydrogen-bond acceptors (Lipinski definition) is 3. The molecule has 0 saturated carbocycles. The van der Waals surface area contributed by atoms with E-state index in [-0.39, 0.29) is 17.0 Å². The van der Waals surface area contributed by atoms with E-state index in [9.17, 15) is 9.18 Å². The minimum Gasteiger partial charge on any atom is -0.302 e. The van der Waals surface area contributed by atoms with Crippen molar-refractivity contribution in [2.45, 2.75) is 58.9 Å². The maximum atomic E-state index is 12.4. The van der Waals surface area contributed by atoms with Crippen molar-refractivity contribution in [1.82, 2.24) is 9.47 Å². The van der Waals surface area contributed by atoms with Crippen molar-refractivity contribution in [3.63, 3.8) is 0 Å². The lowest BCUT2D eigenvalue weighted by Gasteiger charge is -2.21. The Morgan fingerprint density at radius 3 is 2.58 bits per heavy atom. The Hall–Kier alpha value is -0.940. The van der Waals surface area contributed by atoms with Crippen LogP contribution in [-0.4, -0.2) is 35.8 Å². The van der Waals surface area contributed by atoms with Crippen LogP contribution < -0.4 is 4.87 Å². The molecule has 0 unspecified atom stereocenters. The second-order valence-electron chi connectivity index (χ2n) is 7.45. The van der Waals surface area contributed by atoms with Gasteiger partial charge in [-0.25, -0.2) is 0 Å². The van der Waals surface area contributed by atoms with Gasteiger partial charge in [-0.05, 0) is 50.3 Å². The Labute approximate surface area is 149 Å². The molecule has 24 heavy (non-hydrogen) atoms. The van der Waals surface area contributed by atoms with Crippen LogP contribution in [0.15, 0.2) is 16.3 Å². The molecule has 0 radical (unpaired) electrons. The monoisotopic (exact) mass is 354 g/mol. The van der Waals surface area contributed by atoms with Gasteiger partial charge < -0.3 is 4.90 Å². The molecule has 5 heteroatoms. The lowest BCUT2D eigenvalue weighted by molar-refractivity contribution is 0.272. The number of hydrogen-bond donors (Lipinski definition) is 0. The summed E-state index contributed by atoms with van der Waals surface area (Å²) in [5, 5.41) is 1.94. The highest BCUT2D eigenvalue weighted by atomic mass is 32.1. The minimum absolute atomic E-state index is 0.0420. The summed E-state index contributed by atoms with van der Waals surface area (Å²) in [5.41, 5.74) is 0.938. The molecule has 136 valence electrons. The number of thiazole rings is 1. The van der Waals surface area contributed by atoms with Gasteiger partial charge in [-0.2, -0.15) is 0 Å². The average Bonchev–Trinajstić information content (AvgIpc) is 2.76. The Morgan fingerprint density at radius 2 is 1.92 bits per heavy atom. The number of rotatable bonds is 8. The van der Waals surface area contributed by atoms with Gasteiger partial charge in [0.25, 0.3) is 0 Å². The first kappa shape index (κ1) is 19.4. The van der Waals surface area contributed by atoms with Crippen molar-refractivity contribution in [2.24, 2.45) is 5.41 Å². The second-order valence-corrected chi connectivity index (χ2v) is 8.27. The number of alkyl halides is 1. The van der Waals surface area contributed by atoms with Crippen molar-refractivity contribution >= 4 is 17.4 Å². The Bertz CT molecular complexity index is 568. The summed E-state index contributed by atoms with van der Waals surface area (Å²) in [6.45, 7) is 7.98. The van der Waals surface area contributed by atoms with Gasteiger partial charge in [0.2, 0.25) is 0 Å². The van der Waals surface area contributed by atoms with Gasteiger partial charge in [0, 0.05) is 18.5 Å². The third-order valence-corrected chi connectivity index (χ3v) is 5.59. The second kappa shape index (κ2) is 9.52. The quantitative estimate of drug-likeness (QED) is 0.683. The number of likely N-dealkylation sites (tertiary alicyclic amines) is 1. The summed E-state index contributed by atoms with van der Waals surface area (Å²) in [7, 11) is 0. The third kappa shape index (κ3) is 6.17. The predicted molar refractivity (Wildman–Crippen MR) is 102 cm³/mol. The summed E-state index contributed by atoms with van der Waals surface area (Å²) in [4.78, 5) is 14.8. The molecule has 1 aliphatic heterocycles. The molecule has 3 nitrogen and oxygen atoms in total. The molecule has 2 heterocycles. The molecule has 1 aliphatic rings. The van der Waals surface area contributed by atoms with Crippen LogP contribution in [0.3, 0.4) is 0 Å². The van der Waals surface area contributed by atoms with Crippen LogP contribution in [0, 0.1) is 5.41 Å². The molecule has 0 aliphatic carbocycles. The zero-order valence-corrected chi connectivity index (χ0v) is 15.9. The van der Waals surface area contributed by atoms with Gasteiger partial charge >= 0.3 is 4.87 Å². The first-order valence-electron chi connectivity index (χ1n) is 9.18. The van der Waals surface area contributed by atoms with Gasteiger partial charge in [0.05, 0.1) is 12.4 Å². The number of halogens is 1. The molecule has 0 bridgehead atoms. The lowest BCUT2D eigenvalue weighted by atomic mass is 9.87. The van der Waals surface area contributed by atoms with Gasteiger partial charge in [-0.1, -0.05) is 44.1 Å². The summed E-state index contributed by atoms with van der Waals surface area (Å²) in [6, 6.07) is 0. The van der Waals surface area contributed by atoms with Crippen LogP contribution in [0.25, 0.3) is 6.08 Å². The Morgan fingerprint density at radius 1 is 1.21 bits per heavy atom.